The number of ether oxygens (including phenoxy) is 1. The zero-order chi connectivity index (χ0) is 15.5. The highest BCUT2D eigenvalue weighted by Crippen LogP contribution is 2.25. The minimum Gasteiger partial charge on any atom is -0.381 e. The van der Waals surface area contributed by atoms with Crippen LogP contribution in [0.25, 0.3) is 0 Å². The molecule has 0 spiro atoms. The first-order valence-electron chi connectivity index (χ1n) is 7.00. The van der Waals surface area contributed by atoms with Crippen molar-refractivity contribution in [2.45, 2.75) is 43.4 Å². The number of nitrogens with one attached hydrogen (secondary N) is 2. The maximum atomic E-state index is 14.0. The number of hydrogen-bond acceptors (Lipinski definition) is 4. The Labute approximate surface area is 124 Å². The van der Waals surface area contributed by atoms with Crippen molar-refractivity contribution in [2.24, 2.45) is 0 Å². The molecule has 118 valence electrons. The lowest BCUT2D eigenvalue weighted by Crippen LogP contribution is -2.47. The second kappa shape index (κ2) is 6.83. The highest BCUT2D eigenvalue weighted by Gasteiger charge is 2.33. The zero-order valence-corrected chi connectivity index (χ0v) is 13.0. The van der Waals surface area contributed by atoms with Crippen molar-refractivity contribution in [3.8, 4) is 0 Å². The molecular weight excluding hydrogens is 295 g/mol. The quantitative estimate of drug-likeness (QED) is 0.798. The SMILES string of the molecule is CCNCc1ccc(S(=O)(=O)NC2CC(OC)C2)c(F)c1. The zero-order valence-electron chi connectivity index (χ0n) is 12.2. The molecule has 1 saturated carbocycles. The van der Waals surface area contributed by atoms with E-state index in [1.807, 2.05) is 6.92 Å². The van der Waals surface area contributed by atoms with Crippen molar-refractivity contribution in [1.29, 1.82) is 0 Å². The minimum atomic E-state index is -3.82. The first-order chi connectivity index (χ1) is 9.96. The molecule has 2 N–H and O–H groups in total. The van der Waals surface area contributed by atoms with Gasteiger partial charge in [0, 0.05) is 19.7 Å². The van der Waals surface area contributed by atoms with Crippen molar-refractivity contribution < 1.29 is 17.5 Å². The topological polar surface area (TPSA) is 67.4 Å². The molecule has 1 aromatic rings. The molecule has 0 bridgehead atoms. The average Bonchev–Trinajstić information content (AvgIpc) is 2.39. The van der Waals surface area contributed by atoms with E-state index in [0.29, 0.717) is 19.4 Å². The molecule has 21 heavy (non-hydrogen) atoms. The number of sulfonamides is 1. The molecule has 0 aromatic heterocycles. The van der Waals surface area contributed by atoms with Gasteiger partial charge in [-0.15, -0.1) is 0 Å². The normalized spacial score (nSPS) is 22.0. The van der Waals surface area contributed by atoms with E-state index >= 15 is 0 Å². The van der Waals surface area contributed by atoms with Gasteiger partial charge in [-0.1, -0.05) is 13.0 Å². The van der Waals surface area contributed by atoms with Crippen molar-refractivity contribution in [3.63, 3.8) is 0 Å². The fourth-order valence-corrected chi connectivity index (χ4v) is 3.60. The standard InChI is InChI=1S/C14H21FN2O3S/c1-3-16-9-10-4-5-14(13(15)6-10)21(18,19)17-11-7-12(8-11)20-2/h4-6,11-12,16-17H,3,7-9H2,1-2H3. The van der Waals surface area contributed by atoms with Gasteiger partial charge in [-0.25, -0.2) is 17.5 Å². The van der Waals surface area contributed by atoms with Crippen LogP contribution in [0.3, 0.4) is 0 Å². The molecule has 2 rings (SSSR count). The van der Waals surface area contributed by atoms with Gasteiger partial charge in [-0.3, -0.25) is 0 Å². The van der Waals surface area contributed by atoms with Gasteiger partial charge in [0.05, 0.1) is 6.10 Å². The molecule has 1 aliphatic carbocycles. The van der Waals surface area contributed by atoms with Gasteiger partial charge < -0.3 is 10.1 Å². The molecule has 5 nitrogen and oxygen atoms in total. The Morgan fingerprint density at radius 3 is 2.67 bits per heavy atom. The maximum absolute atomic E-state index is 14.0. The van der Waals surface area contributed by atoms with Crippen LogP contribution in [0.2, 0.25) is 0 Å². The Kier molecular flexibility index (Phi) is 5.32. The minimum absolute atomic E-state index is 0.0880. The van der Waals surface area contributed by atoms with Crippen LogP contribution in [0, 0.1) is 5.82 Å². The summed E-state index contributed by atoms with van der Waals surface area (Å²) in [6.45, 7) is 3.23. The van der Waals surface area contributed by atoms with Gasteiger partial charge >= 0.3 is 0 Å². The van der Waals surface area contributed by atoms with Crippen molar-refractivity contribution in [2.75, 3.05) is 13.7 Å². The largest absolute Gasteiger partial charge is 0.381 e. The van der Waals surface area contributed by atoms with E-state index in [-0.39, 0.29) is 17.0 Å². The molecule has 1 aromatic carbocycles. The molecule has 0 radical (unpaired) electrons. The maximum Gasteiger partial charge on any atom is 0.243 e. The highest BCUT2D eigenvalue weighted by atomic mass is 32.2. The fourth-order valence-electron chi connectivity index (χ4n) is 2.28. The third kappa shape index (κ3) is 4.00. The van der Waals surface area contributed by atoms with Crippen molar-refractivity contribution in [3.05, 3.63) is 29.6 Å². The van der Waals surface area contributed by atoms with Crippen LogP contribution >= 0.6 is 0 Å². The lowest BCUT2D eigenvalue weighted by atomic mass is 9.90. The monoisotopic (exact) mass is 316 g/mol. The molecule has 1 aliphatic rings. The lowest BCUT2D eigenvalue weighted by Gasteiger charge is -2.34. The molecule has 0 unspecified atom stereocenters. The van der Waals surface area contributed by atoms with Crippen LogP contribution in [0.1, 0.15) is 25.3 Å². The fraction of sp³-hybridized carbons (Fsp3) is 0.571. The van der Waals surface area contributed by atoms with Gasteiger partial charge in [0.2, 0.25) is 10.0 Å². The van der Waals surface area contributed by atoms with Crippen LogP contribution < -0.4 is 10.0 Å². The molecule has 1 fully saturated rings. The summed E-state index contributed by atoms with van der Waals surface area (Å²) < 4.78 is 46.0. The summed E-state index contributed by atoms with van der Waals surface area (Å²) in [5.41, 5.74) is 0.719. The number of halogens is 1. The van der Waals surface area contributed by atoms with Gasteiger partial charge in [0.25, 0.3) is 0 Å². The predicted molar refractivity (Wildman–Crippen MR) is 77.9 cm³/mol. The molecule has 0 aliphatic heterocycles. The van der Waals surface area contributed by atoms with Gasteiger partial charge in [-0.05, 0) is 37.1 Å². The van der Waals surface area contributed by atoms with Crippen LogP contribution in [0.15, 0.2) is 23.1 Å². The van der Waals surface area contributed by atoms with Crippen LogP contribution in [-0.2, 0) is 21.3 Å². The molecule has 0 heterocycles. The second-order valence-corrected chi connectivity index (χ2v) is 6.87. The summed E-state index contributed by atoms with van der Waals surface area (Å²) in [5.74, 6) is -0.722. The predicted octanol–water partition coefficient (Wildman–Crippen LogP) is 1.39. The molecule has 0 saturated heterocycles. The highest BCUT2D eigenvalue weighted by molar-refractivity contribution is 7.89. The summed E-state index contributed by atoms with van der Waals surface area (Å²) >= 11 is 0. The first-order valence-corrected chi connectivity index (χ1v) is 8.49. The summed E-state index contributed by atoms with van der Waals surface area (Å²) in [7, 11) is -2.23. The first kappa shape index (κ1) is 16.4. The third-order valence-corrected chi connectivity index (χ3v) is 5.17. The summed E-state index contributed by atoms with van der Waals surface area (Å²) in [5, 5.41) is 3.07. The number of rotatable bonds is 7. The number of hydrogen-bond donors (Lipinski definition) is 2. The van der Waals surface area contributed by atoms with E-state index in [2.05, 4.69) is 10.0 Å². The molecule has 0 atom stereocenters. The van der Waals surface area contributed by atoms with Gasteiger partial charge in [0.15, 0.2) is 0 Å². The second-order valence-electron chi connectivity index (χ2n) is 5.19. The Bertz CT molecular complexity index is 586. The van der Waals surface area contributed by atoms with Crippen LogP contribution in [0.4, 0.5) is 4.39 Å². The Morgan fingerprint density at radius 2 is 2.10 bits per heavy atom. The van der Waals surface area contributed by atoms with Crippen molar-refractivity contribution >= 4 is 10.0 Å². The van der Waals surface area contributed by atoms with E-state index in [1.165, 1.54) is 12.1 Å². The molecule has 7 heteroatoms. The third-order valence-electron chi connectivity index (χ3n) is 3.61. The van der Waals surface area contributed by atoms with Gasteiger partial charge in [0.1, 0.15) is 10.7 Å². The number of methoxy groups -OCH3 is 1. The Balaban J connectivity index is 2.06. The molecular formula is C14H21FN2O3S. The Hall–Kier alpha value is -1.02. The molecule has 0 amide bonds. The van der Waals surface area contributed by atoms with Crippen LogP contribution in [0.5, 0.6) is 0 Å². The van der Waals surface area contributed by atoms with E-state index in [0.717, 1.165) is 12.1 Å². The van der Waals surface area contributed by atoms with Gasteiger partial charge in [-0.2, -0.15) is 0 Å². The van der Waals surface area contributed by atoms with E-state index < -0.39 is 15.8 Å². The average molecular weight is 316 g/mol. The van der Waals surface area contributed by atoms with E-state index in [4.69, 9.17) is 4.74 Å². The van der Waals surface area contributed by atoms with E-state index in [9.17, 15) is 12.8 Å². The number of benzene rings is 1. The smallest absolute Gasteiger partial charge is 0.243 e. The Morgan fingerprint density at radius 1 is 1.38 bits per heavy atom. The summed E-state index contributed by atoms with van der Waals surface area (Å²) in [6, 6.07) is 4.02. The van der Waals surface area contributed by atoms with Crippen molar-refractivity contribution in [1.82, 2.24) is 10.0 Å². The summed E-state index contributed by atoms with van der Waals surface area (Å²) in [6.07, 6.45) is 1.33. The summed E-state index contributed by atoms with van der Waals surface area (Å²) in [4.78, 5) is -0.302. The lowest BCUT2D eigenvalue weighted by molar-refractivity contribution is 0.0236. The van der Waals surface area contributed by atoms with Crippen LogP contribution in [-0.4, -0.2) is 34.2 Å². The van der Waals surface area contributed by atoms with E-state index in [1.54, 1.807) is 13.2 Å².